The second-order valence-electron chi connectivity index (χ2n) is 5.19. The molecule has 1 aromatic carbocycles. The van der Waals surface area contributed by atoms with Gasteiger partial charge in [-0.1, -0.05) is 24.6 Å². The number of hydrogen-bond donors (Lipinski definition) is 0. The number of hydrogen-bond acceptors (Lipinski definition) is 4. The zero-order valence-corrected chi connectivity index (χ0v) is 13.1. The Hall–Kier alpha value is -0.520. The van der Waals surface area contributed by atoms with E-state index in [0.717, 1.165) is 6.54 Å². The van der Waals surface area contributed by atoms with Crippen LogP contribution >= 0.6 is 11.8 Å². The molecule has 1 atom stereocenters. The minimum absolute atomic E-state index is 0.314. The summed E-state index contributed by atoms with van der Waals surface area (Å²) in [5, 5.41) is 0.475. The average molecular weight is 299 g/mol. The SMILES string of the molecule is Cc1ccc(S[C@@H](C)CN2CCS(=O)(=O)CC2)cc1. The van der Waals surface area contributed by atoms with Gasteiger partial charge in [0.25, 0.3) is 0 Å². The lowest BCUT2D eigenvalue weighted by Crippen LogP contribution is -2.42. The summed E-state index contributed by atoms with van der Waals surface area (Å²) in [4.78, 5) is 3.54. The molecule has 1 aromatic rings. The molecule has 19 heavy (non-hydrogen) atoms. The van der Waals surface area contributed by atoms with Crippen LogP contribution in [0.5, 0.6) is 0 Å². The number of thioether (sulfide) groups is 1. The summed E-state index contributed by atoms with van der Waals surface area (Å²) >= 11 is 1.85. The minimum Gasteiger partial charge on any atom is -0.300 e. The molecule has 1 fully saturated rings. The number of sulfone groups is 1. The van der Waals surface area contributed by atoms with Crippen LogP contribution < -0.4 is 0 Å². The number of nitrogens with zero attached hydrogens (tertiary/aromatic N) is 1. The van der Waals surface area contributed by atoms with Crippen molar-refractivity contribution in [2.24, 2.45) is 0 Å². The molecule has 3 nitrogen and oxygen atoms in total. The summed E-state index contributed by atoms with van der Waals surface area (Å²) in [6, 6.07) is 8.55. The second-order valence-corrected chi connectivity index (χ2v) is 9.01. The van der Waals surface area contributed by atoms with Crippen LogP contribution in [0, 0.1) is 6.92 Å². The molecule has 0 unspecified atom stereocenters. The van der Waals surface area contributed by atoms with Gasteiger partial charge in [-0.2, -0.15) is 0 Å². The van der Waals surface area contributed by atoms with E-state index in [1.165, 1.54) is 10.5 Å². The van der Waals surface area contributed by atoms with Gasteiger partial charge in [0.2, 0.25) is 0 Å². The molecule has 0 bridgehead atoms. The topological polar surface area (TPSA) is 37.4 Å². The van der Waals surface area contributed by atoms with Gasteiger partial charge in [-0.05, 0) is 19.1 Å². The van der Waals surface area contributed by atoms with Crippen molar-refractivity contribution >= 4 is 21.6 Å². The molecule has 0 spiro atoms. The molecule has 2 rings (SSSR count). The number of rotatable bonds is 4. The molecule has 0 N–H and O–H groups in total. The summed E-state index contributed by atoms with van der Waals surface area (Å²) in [6.45, 7) is 6.61. The molecule has 1 saturated heterocycles. The van der Waals surface area contributed by atoms with Crippen molar-refractivity contribution in [3.05, 3.63) is 29.8 Å². The first-order chi connectivity index (χ1) is 8.94. The lowest BCUT2D eigenvalue weighted by molar-refractivity contribution is 0.299. The maximum absolute atomic E-state index is 11.4. The van der Waals surface area contributed by atoms with Crippen molar-refractivity contribution in [1.29, 1.82) is 0 Å². The maximum atomic E-state index is 11.4. The Morgan fingerprint density at radius 2 is 1.79 bits per heavy atom. The Balaban J connectivity index is 1.81. The van der Waals surface area contributed by atoms with Crippen LogP contribution in [0.15, 0.2) is 29.2 Å². The summed E-state index contributed by atoms with van der Waals surface area (Å²) in [5.41, 5.74) is 1.28. The van der Waals surface area contributed by atoms with Gasteiger partial charge in [0.15, 0.2) is 9.84 Å². The fourth-order valence-corrected chi connectivity index (χ4v) is 4.50. The zero-order valence-electron chi connectivity index (χ0n) is 11.5. The highest BCUT2D eigenvalue weighted by molar-refractivity contribution is 8.00. The normalized spacial score (nSPS) is 21.2. The largest absolute Gasteiger partial charge is 0.300 e. The van der Waals surface area contributed by atoms with Crippen LogP contribution in [-0.2, 0) is 9.84 Å². The smallest absolute Gasteiger partial charge is 0.152 e. The first kappa shape index (κ1) is 14.9. The van der Waals surface area contributed by atoms with Gasteiger partial charge < -0.3 is 4.90 Å². The Labute approximate surface area is 120 Å². The van der Waals surface area contributed by atoms with E-state index in [1.54, 1.807) is 0 Å². The van der Waals surface area contributed by atoms with Crippen LogP contribution in [0.1, 0.15) is 12.5 Å². The van der Waals surface area contributed by atoms with E-state index in [2.05, 4.69) is 43.0 Å². The van der Waals surface area contributed by atoms with E-state index in [1.807, 2.05) is 11.8 Å². The van der Waals surface area contributed by atoms with Crippen molar-refractivity contribution in [2.75, 3.05) is 31.1 Å². The van der Waals surface area contributed by atoms with Crippen molar-refractivity contribution < 1.29 is 8.42 Å². The first-order valence-corrected chi connectivity index (χ1v) is 9.31. The predicted octanol–water partition coefficient (Wildman–Crippen LogP) is 2.21. The fraction of sp³-hybridized carbons (Fsp3) is 0.571. The fourth-order valence-electron chi connectivity index (χ4n) is 2.18. The van der Waals surface area contributed by atoms with E-state index >= 15 is 0 Å². The van der Waals surface area contributed by atoms with Gasteiger partial charge in [0.05, 0.1) is 11.5 Å². The Bertz CT molecular complexity index is 497. The molecule has 0 aliphatic carbocycles. The molecule has 106 valence electrons. The molecule has 1 aliphatic heterocycles. The Morgan fingerprint density at radius 3 is 2.37 bits per heavy atom. The standard InChI is InChI=1S/C14H21NO2S2/c1-12-3-5-14(6-4-12)18-13(2)11-15-7-9-19(16,17)10-8-15/h3-6,13H,7-11H2,1-2H3/t13-/m0/s1. The van der Waals surface area contributed by atoms with Crippen molar-refractivity contribution in [3.63, 3.8) is 0 Å². The Morgan fingerprint density at radius 1 is 1.21 bits per heavy atom. The second kappa shape index (κ2) is 6.29. The van der Waals surface area contributed by atoms with Gasteiger partial charge in [0.1, 0.15) is 0 Å². The molecular formula is C14H21NO2S2. The van der Waals surface area contributed by atoms with Crippen molar-refractivity contribution in [2.45, 2.75) is 24.0 Å². The summed E-state index contributed by atoms with van der Waals surface area (Å²) in [5.74, 6) is 0.629. The summed E-state index contributed by atoms with van der Waals surface area (Å²) < 4.78 is 22.7. The van der Waals surface area contributed by atoms with Gasteiger partial charge in [-0.25, -0.2) is 8.42 Å². The van der Waals surface area contributed by atoms with E-state index in [0.29, 0.717) is 29.8 Å². The zero-order chi connectivity index (χ0) is 13.9. The quantitative estimate of drug-likeness (QED) is 0.799. The Kier molecular flexibility index (Phi) is 4.92. The first-order valence-electron chi connectivity index (χ1n) is 6.61. The molecule has 0 amide bonds. The van der Waals surface area contributed by atoms with Gasteiger partial charge >= 0.3 is 0 Å². The van der Waals surface area contributed by atoms with Gasteiger partial charge in [0, 0.05) is 29.8 Å². The maximum Gasteiger partial charge on any atom is 0.152 e. The van der Waals surface area contributed by atoms with Gasteiger partial charge in [-0.15, -0.1) is 11.8 Å². The highest BCUT2D eigenvalue weighted by atomic mass is 32.2. The lowest BCUT2D eigenvalue weighted by atomic mass is 10.2. The van der Waals surface area contributed by atoms with Crippen LogP contribution in [-0.4, -0.2) is 49.7 Å². The van der Waals surface area contributed by atoms with Crippen LogP contribution in [0.25, 0.3) is 0 Å². The molecule has 0 radical (unpaired) electrons. The monoisotopic (exact) mass is 299 g/mol. The van der Waals surface area contributed by atoms with Crippen LogP contribution in [0.2, 0.25) is 0 Å². The number of aryl methyl sites for hydroxylation is 1. The molecule has 1 heterocycles. The van der Waals surface area contributed by atoms with E-state index in [4.69, 9.17) is 0 Å². The summed E-state index contributed by atoms with van der Waals surface area (Å²) in [7, 11) is -2.76. The minimum atomic E-state index is -2.76. The van der Waals surface area contributed by atoms with E-state index in [-0.39, 0.29) is 0 Å². The third-order valence-electron chi connectivity index (χ3n) is 3.31. The molecule has 1 aliphatic rings. The third-order valence-corrected chi connectivity index (χ3v) is 6.02. The highest BCUT2D eigenvalue weighted by Gasteiger charge is 2.22. The van der Waals surface area contributed by atoms with E-state index in [9.17, 15) is 8.42 Å². The van der Waals surface area contributed by atoms with Crippen LogP contribution in [0.3, 0.4) is 0 Å². The van der Waals surface area contributed by atoms with E-state index < -0.39 is 9.84 Å². The van der Waals surface area contributed by atoms with Gasteiger partial charge in [-0.3, -0.25) is 0 Å². The number of benzene rings is 1. The van der Waals surface area contributed by atoms with Crippen molar-refractivity contribution in [3.8, 4) is 0 Å². The highest BCUT2D eigenvalue weighted by Crippen LogP contribution is 2.24. The summed E-state index contributed by atoms with van der Waals surface area (Å²) in [6.07, 6.45) is 0. The van der Waals surface area contributed by atoms with Crippen LogP contribution in [0.4, 0.5) is 0 Å². The predicted molar refractivity (Wildman–Crippen MR) is 81.6 cm³/mol. The molecule has 5 heteroatoms. The third kappa shape index (κ3) is 4.82. The molecule has 0 saturated carbocycles. The lowest BCUT2D eigenvalue weighted by Gasteiger charge is -2.28. The van der Waals surface area contributed by atoms with Crippen molar-refractivity contribution in [1.82, 2.24) is 4.90 Å². The molecule has 0 aromatic heterocycles. The molecular weight excluding hydrogens is 278 g/mol. The average Bonchev–Trinajstić information content (AvgIpc) is 2.35.